The van der Waals surface area contributed by atoms with Crippen molar-refractivity contribution in [2.75, 3.05) is 32.7 Å². The number of hydrogen-bond donors (Lipinski definition) is 1. The van der Waals surface area contributed by atoms with Gasteiger partial charge in [0.05, 0.1) is 6.04 Å². The zero-order valence-corrected chi connectivity index (χ0v) is 17.4. The van der Waals surface area contributed by atoms with Crippen LogP contribution in [0.3, 0.4) is 0 Å². The van der Waals surface area contributed by atoms with Gasteiger partial charge in [0.2, 0.25) is 5.91 Å². The van der Waals surface area contributed by atoms with Crippen LogP contribution >= 0.6 is 0 Å². The normalized spacial score (nSPS) is 23.6. The first kappa shape index (κ1) is 18.8. The van der Waals surface area contributed by atoms with E-state index in [4.69, 9.17) is 0 Å². The zero-order chi connectivity index (χ0) is 19.8. The van der Waals surface area contributed by atoms with Crippen molar-refractivity contribution in [1.29, 1.82) is 0 Å². The molecule has 0 unspecified atom stereocenters. The molecule has 1 atom stereocenters. The van der Waals surface area contributed by atoms with Crippen LogP contribution in [0.25, 0.3) is 0 Å². The topological polar surface area (TPSA) is 35.6 Å². The molecule has 2 aromatic rings. The molecule has 5 rings (SSSR count). The van der Waals surface area contributed by atoms with E-state index in [0.717, 1.165) is 58.4 Å². The SMILES string of the molecule is CCN1CCN(C2(C(=O)N[C@H]3CCc4ccccc43)Cc3ccccc3C2)CC1. The minimum atomic E-state index is -0.443. The van der Waals surface area contributed by atoms with E-state index in [9.17, 15) is 4.79 Å². The largest absolute Gasteiger partial charge is 0.348 e. The molecular formula is C25H31N3O. The number of hydrogen-bond acceptors (Lipinski definition) is 3. The van der Waals surface area contributed by atoms with E-state index in [-0.39, 0.29) is 11.9 Å². The van der Waals surface area contributed by atoms with Gasteiger partial charge in [-0.3, -0.25) is 9.69 Å². The maximum Gasteiger partial charge on any atom is 0.241 e. The van der Waals surface area contributed by atoms with Crippen molar-refractivity contribution in [3.05, 3.63) is 70.8 Å². The fourth-order valence-corrected chi connectivity index (χ4v) is 5.61. The molecule has 0 bridgehead atoms. The second kappa shape index (κ2) is 7.58. The van der Waals surface area contributed by atoms with Crippen molar-refractivity contribution in [3.8, 4) is 0 Å². The van der Waals surface area contributed by atoms with Crippen LogP contribution in [-0.2, 0) is 24.1 Å². The average molecular weight is 390 g/mol. The van der Waals surface area contributed by atoms with Gasteiger partial charge in [-0.1, -0.05) is 55.5 Å². The van der Waals surface area contributed by atoms with Crippen LogP contribution in [0.1, 0.15) is 41.6 Å². The highest BCUT2D eigenvalue weighted by atomic mass is 16.2. The maximum atomic E-state index is 13.9. The number of nitrogens with zero attached hydrogens (tertiary/aromatic N) is 2. The number of piperazine rings is 1. The zero-order valence-electron chi connectivity index (χ0n) is 17.4. The Labute approximate surface area is 173 Å². The van der Waals surface area contributed by atoms with Crippen molar-refractivity contribution in [1.82, 2.24) is 15.1 Å². The Balaban J connectivity index is 1.42. The quantitative estimate of drug-likeness (QED) is 0.873. The summed E-state index contributed by atoms with van der Waals surface area (Å²) >= 11 is 0. The standard InChI is InChI=1S/C25H31N3O/c1-2-27-13-15-28(16-14-27)25(17-20-8-3-4-9-21(20)18-25)24(29)26-23-12-11-19-7-5-6-10-22(19)23/h3-10,23H,2,11-18H2,1H3,(H,26,29)/t23-/m0/s1. The van der Waals surface area contributed by atoms with E-state index >= 15 is 0 Å². The van der Waals surface area contributed by atoms with Crippen LogP contribution in [0, 0.1) is 0 Å². The third-order valence-corrected chi connectivity index (χ3v) is 7.37. The summed E-state index contributed by atoms with van der Waals surface area (Å²) < 4.78 is 0. The van der Waals surface area contributed by atoms with Gasteiger partial charge in [-0.15, -0.1) is 0 Å². The van der Waals surface area contributed by atoms with Crippen LogP contribution in [0.2, 0.25) is 0 Å². The summed E-state index contributed by atoms with van der Waals surface area (Å²) in [7, 11) is 0. The molecule has 0 saturated carbocycles. The monoisotopic (exact) mass is 389 g/mol. The fraction of sp³-hybridized carbons (Fsp3) is 0.480. The molecule has 2 aromatic carbocycles. The molecule has 1 amide bonds. The molecule has 2 aliphatic carbocycles. The minimum Gasteiger partial charge on any atom is -0.348 e. The highest BCUT2D eigenvalue weighted by Gasteiger charge is 2.49. The Hall–Kier alpha value is -2.17. The van der Waals surface area contributed by atoms with Crippen LogP contribution in [0.4, 0.5) is 0 Å². The summed E-state index contributed by atoms with van der Waals surface area (Å²) in [6.45, 7) is 7.35. The lowest BCUT2D eigenvalue weighted by atomic mass is 9.90. The molecular weight excluding hydrogens is 358 g/mol. The Bertz CT molecular complexity index is 875. The molecule has 1 N–H and O–H groups in total. The Kier molecular flexibility index (Phi) is 4.92. The van der Waals surface area contributed by atoms with Gasteiger partial charge in [-0.25, -0.2) is 0 Å². The van der Waals surface area contributed by atoms with E-state index in [1.165, 1.54) is 22.3 Å². The third-order valence-electron chi connectivity index (χ3n) is 7.37. The molecule has 4 heteroatoms. The third kappa shape index (κ3) is 3.28. The summed E-state index contributed by atoms with van der Waals surface area (Å²) in [4.78, 5) is 18.9. The van der Waals surface area contributed by atoms with Gasteiger partial charge in [-0.2, -0.15) is 0 Å². The van der Waals surface area contributed by atoms with E-state index in [0.29, 0.717) is 0 Å². The van der Waals surface area contributed by atoms with Crippen LogP contribution in [0.5, 0.6) is 0 Å². The number of likely N-dealkylation sites (N-methyl/N-ethyl adjacent to an activating group) is 1. The summed E-state index contributed by atoms with van der Waals surface area (Å²) in [6, 6.07) is 17.4. The fourth-order valence-electron chi connectivity index (χ4n) is 5.61. The van der Waals surface area contributed by atoms with E-state index in [1.807, 2.05) is 0 Å². The summed E-state index contributed by atoms with van der Waals surface area (Å²) in [5, 5.41) is 3.48. The number of benzene rings is 2. The molecule has 152 valence electrons. The van der Waals surface area contributed by atoms with Gasteiger partial charge < -0.3 is 10.2 Å². The molecule has 1 saturated heterocycles. The predicted molar refractivity (Wildman–Crippen MR) is 116 cm³/mol. The van der Waals surface area contributed by atoms with Gasteiger partial charge >= 0.3 is 0 Å². The number of fused-ring (bicyclic) bond motifs is 2. The van der Waals surface area contributed by atoms with Crippen molar-refractivity contribution >= 4 is 5.91 Å². The predicted octanol–water partition coefficient (Wildman–Crippen LogP) is 2.97. The highest BCUT2D eigenvalue weighted by Crippen LogP contribution is 2.38. The van der Waals surface area contributed by atoms with Crippen molar-refractivity contribution in [3.63, 3.8) is 0 Å². The second-order valence-corrected chi connectivity index (χ2v) is 8.84. The smallest absolute Gasteiger partial charge is 0.241 e. The van der Waals surface area contributed by atoms with E-state index in [2.05, 4.69) is 70.6 Å². The van der Waals surface area contributed by atoms with Gasteiger partial charge in [0.1, 0.15) is 5.54 Å². The molecule has 0 aromatic heterocycles. The van der Waals surface area contributed by atoms with Gasteiger partial charge in [0.25, 0.3) is 0 Å². The molecule has 1 heterocycles. The Morgan fingerprint density at radius 2 is 1.59 bits per heavy atom. The number of carbonyl (C=O) groups is 1. The number of rotatable bonds is 4. The molecule has 0 radical (unpaired) electrons. The lowest BCUT2D eigenvalue weighted by molar-refractivity contribution is -0.135. The lowest BCUT2D eigenvalue weighted by Crippen LogP contribution is -2.64. The van der Waals surface area contributed by atoms with Crippen molar-refractivity contribution < 1.29 is 4.79 Å². The highest BCUT2D eigenvalue weighted by molar-refractivity contribution is 5.88. The number of nitrogens with one attached hydrogen (secondary N) is 1. The van der Waals surface area contributed by atoms with Crippen molar-refractivity contribution in [2.45, 2.75) is 44.2 Å². The number of carbonyl (C=O) groups excluding carboxylic acids is 1. The second-order valence-electron chi connectivity index (χ2n) is 8.84. The first-order valence-corrected chi connectivity index (χ1v) is 11.1. The minimum absolute atomic E-state index is 0.149. The Morgan fingerprint density at radius 1 is 0.966 bits per heavy atom. The molecule has 29 heavy (non-hydrogen) atoms. The van der Waals surface area contributed by atoms with Crippen LogP contribution in [0.15, 0.2) is 48.5 Å². The molecule has 3 aliphatic rings. The summed E-state index contributed by atoms with van der Waals surface area (Å²) in [6.07, 6.45) is 3.73. The molecule has 4 nitrogen and oxygen atoms in total. The Morgan fingerprint density at radius 3 is 2.24 bits per heavy atom. The van der Waals surface area contributed by atoms with Crippen LogP contribution in [-0.4, -0.2) is 54.0 Å². The van der Waals surface area contributed by atoms with E-state index < -0.39 is 5.54 Å². The first-order valence-electron chi connectivity index (χ1n) is 11.1. The van der Waals surface area contributed by atoms with E-state index in [1.54, 1.807) is 0 Å². The van der Waals surface area contributed by atoms with Crippen LogP contribution < -0.4 is 5.32 Å². The maximum absolute atomic E-state index is 13.9. The van der Waals surface area contributed by atoms with Crippen molar-refractivity contribution in [2.24, 2.45) is 0 Å². The number of aryl methyl sites for hydroxylation is 1. The molecule has 1 fully saturated rings. The molecule has 0 spiro atoms. The summed E-state index contributed by atoms with van der Waals surface area (Å²) in [5.74, 6) is 0.223. The summed E-state index contributed by atoms with van der Waals surface area (Å²) in [5.41, 5.74) is 4.93. The molecule has 1 aliphatic heterocycles. The number of amides is 1. The van der Waals surface area contributed by atoms with Gasteiger partial charge in [0.15, 0.2) is 0 Å². The average Bonchev–Trinajstić information content (AvgIpc) is 3.36. The van der Waals surface area contributed by atoms with Gasteiger partial charge in [0, 0.05) is 39.0 Å². The first-order chi connectivity index (χ1) is 14.2. The lowest BCUT2D eigenvalue weighted by Gasteiger charge is -2.45. The van der Waals surface area contributed by atoms with Gasteiger partial charge in [-0.05, 0) is 41.6 Å².